The third kappa shape index (κ3) is 3.73. The predicted molar refractivity (Wildman–Crippen MR) is 103 cm³/mol. The van der Waals surface area contributed by atoms with Crippen LogP contribution in [0, 0.1) is 11.3 Å². The molecule has 1 N–H and O–H groups in total. The summed E-state index contributed by atoms with van der Waals surface area (Å²) in [5.41, 5.74) is 0.631. The second-order valence-corrected chi connectivity index (χ2v) is 7.87. The summed E-state index contributed by atoms with van der Waals surface area (Å²) in [7, 11) is 0. The van der Waals surface area contributed by atoms with Gasteiger partial charge < -0.3 is 14.5 Å². The van der Waals surface area contributed by atoms with Gasteiger partial charge >= 0.3 is 0 Å². The summed E-state index contributed by atoms with van der Waals surface area (Å²) in [5.74, 6) is 1.14. The molecule has 1 aliphatic carbocycles. The molecule has 7 heteroatoms. The van der Waals surface area contributed by atoms with Crippen LogP contribution in [0.2, 0.25) is 0 Å². The number of ether oxygens (including phenoxy) is 1. The molecule has 0 spiro atoms. The van der Waals surface area contributed by atoms with Crippen molar-refractivity contribution in [3.05, 3.63) is 22.5 Å². The lowest BCUT2D eigenvalue weighted by Crippen LogP contribution is -2.41. The summed E-state index contributed by atoms with van der Waals surface area (Å²) in [6, 6.07) is 4.90. The molecule has 0 unspecified atom stereocenters. The lowest BCUT2D eigenvalue weighted by molar-refractivity contribution is 0.119. The first-order valence-electron chi connectivity index (χ1n) is 9.31. The molecule has 138 valence electrons. The fourth-order valence-electron chi connectivity index (χ4n) is 4.04. The van der Waals surface area contributed by atoms with E-state index in [2.05, 4.69) is 31.1 Å². The Labute approximate surface area is 161 Å². The van der Waals surface area contributed by atoms with Crippen molar-refractivity contribution in [2.24, 2.45) is 0 Å². The SMILES string of the molecule is N#Cc1cc2c(Br)c(NC3CCC(N4CCCOCC4)CC3)ncc2o1. The van der Waals surface area contributed by atoms with Crippen LogP contribution >= 0.6 is 15.9 Å². The van der Waals surface area contributed by atoms with Crippen molar-refractivity contribution < 1.29 is 9.15 Å². The van der Waals surface area contributed by atoms with Crippen LogP contribution < -0.4 is 5.32 Å². The Morgan fingerprint density at radius 3 is 2.88 bits per heavy atom. The molecule has 26 heavy (non-hydrogen) atoms. The number of pyridine rings is 1. The topological polar surface area (TPSA) is 74.3 Å². The lowest BCUT2D eigenvalue weighted by atomic mass is 9.90. The molecule has 2 aromatic heterocycles. The number of rotatable bonds is 3. The van der Waals surface area contributed by atoms with Crippen molar-refractivity contribution in [1.82, 2.24) is 9.88 Å². The zero-order chi connectivity index (χ0) is 17.9. The minimum absolute atomic E-state index is 0.307. The molecule has 0 aromatic carbocycles. The highest BCUT2D eigenvalue weighted by Gasteiger charge is 2.27. The van der Waals surface area contributed by atoms with Crippen molar-refractivity contribution in [1.29, 1.82) is 5.26 Å². The zero-order valence-corrected chi connectivity index (χ0v) is 16.3. The van der Waals surface area contributed by atoms with Gasteiger partial charge in [-0.15, -0.1) is 0 Å². The number of anilines is 1. The van der Waals surface area contributed by atoms with Crippen molar-refractivity contribution in [2.75, 3.05) is 31.6 Å². The molecule has 0 radical (unpaired) electrons. The minimum Gasteiger partial charge on any atom is -0.444 e. The summed E-state index contributed by atoms with van der Waals surface area (Å²) in [6.45, 7) is 3.99. The van der Waals surface area contributed by atoms with Gasteiger partial charge in [0, 0.05) is 43.2 Å². The quantitative estimate of drug-likeness (QED) is 0.814. The molecule has 1 saturated heterocycles. The van der Waals surface area contributed by atoms with E-state index in [1.807, 2.05) is 6.07 Å². The first-order chi connectivity index (χ1) is 12.7. The van der Waals surface area contributed by atoms with Crippen LogP contribution in [0.4, 0.5) is 5.82 Å². The highest BCUT2D eigenvalue weighted by atomic mass is 79.9. The number of nitrogens with zero attached hydrogens (tertiary/aromatic N) is 3. The first-order valence-corrected chi connectivity index (χ1v) is 10.1. The molecular formula is C19H23BrN4O2. The van der Waals surface area contributed by atoms with E-state index in [-0.39, 0.29) is 0 Å². The van der Waals surface area contributed by atoms with Crippen molar-refractivity contribution in [3.63, 3.8) is 0 Å². The van der Waals surface area contributed by atoms with Crippen molar-refractivity contribution in [3.8, 4) is 6.07 Å². The van der Waals surface area contributed by atoms with Crippen LogP contribution in [0.1, 0.15) is 37.9 Å². The Bertz CT molecular complexity index is 800. The third-order valence-electron chi connectivity index (χ3n) is 5.44. The zero-order valence-electron chi connectivity index (χ0n) is 14.7. The van der Waals surface area contributed by atoms with Crippen LogP contribution in [-0.2, 0) is 4.74 Å². The summed E-state index contributed by atoms with van der Waals surface area (Å²) in [6.07, 6.45) is 7.53. The van der Waals surface area contributed by atoms with Crippen LogP contribution in [0.25, 0.3) is 11.0 Å². The monoisotopic (exact) mass is 418 g/mol. The Morgan fingerprint density at radius 1 is 1.23 bits per heavy atom. The van der Waals surface area contributed by atoms with Gasteiger partial charge in [-0.1, -0.05) is 0 Å². The van der Waals surface area contributed by atoms with E-state index in [4.69, 9.17) is 14.4 Å². The van der Waals surface area contributed by atoms with Gasteiger partial charge in [0.1, 0.15) is 11.9 Å². The number of aromatic nitrogens is 1. The molecule has 3 heterocycles. The van der Waals surface area contributed by atoms with E-state index in [9.17, 15) is 0 Å². The number of halogens is 1. The van der Waals surface area contributed by atoms with Gasteiger partial charge in [0.2, 0.25) is 5.76 Å². The number of fused-ring (bicyclic) bond motifs is 1. The van der Waals surface area contributed by atoms with Gasteiger partial charge in [-0.05, 0) is 48.0 Å². The maximum atomic E-state index is 9.00. The molecule has 0 atom stereocenters. The molecule has 2 aromatic rings. The average molecular weight is 419 g/mol. The lowest BCUT2D eigenvalue weighted by Gasteiger charge is -2.36. The van der Waals surface area contributed by atoms with E-state index in [1.54, 1.807) is 12.3 Å². The maximum Gasteiger partial charge on any atom is 0.204 e. The van der Waals surface area contributed by atoms with E-state index >= 15 is 0 Å². The maximum absolute atomic E-state index is 9.00. The molecule has 4 rings (SSSR count). The highest BCUT2D eigenvalue weighted by Crippen LogP contribution is 2.33. The summed E-state index contributed by atoms with van der Waals surface area (Å²) < 4.78 is 11.9. The first kappa shape index (κ1) is 17.8. The smallest absolute Gasteiger partial charge is 0.204 e. The van der Waals surface area contributed by atoms with E-state index < -0.39 is 0 Å². The fourth-order valence-corrected chi connectivity index (χ4v) is 4.57. The van der Waals surface area contributed by atoms with Crippen LogP contribution in [0.3, 0.4) is 0 Å². The van der Waals surface area contributed by atoms with Gasteiger partial charge in [-0.25, -0.2) is 4.98 Å². The molecule has 0 bridgehead atoms. The molecule has 1 aliphatic heterocycles. The molecule has 1 saturated carbocycles. The van der Waals surface area contributed by atoms with Crippen molar-refractivity contribution >= 4 is 32.7 Å². The molecule has 6 nitrogen and oxygen atoms in total. The Kier molecular flexibility index (Phi) is 5.44. The fraction of sp³-hybridized carbons (Fsp3) is 0.579. The van der Waals surface area contributed by atoms with Crippen LogP contribution in [0.15, 0.2) is 21.2 Å². The van der Waals surface area contributed by atoms with Gasteiger partial charge in [0.05, 0.1) is 17.3 Å². The summed E-state index contributed by atoms with van der Waals surface area (Å²) >= 11 is 3.62. The number of hydrogen-bond donors (Lipinski definition) is 1. The molecule has 0 amide bonds. The van der Waals surface area contributed by atoms with E-state index in [1.165, 1.54) is 12.8 Å². The number of furan rings is 1. The van der Waals surface area contributed by atoms with Crippen molar-refractivity contribution in [2.45, 2.75) is 44.2 Å². The second-order valence-electron chi connectivity index (χ2n) is 7.07. The number of nitrogens with one attached hydrogen (secondary N) is 1. The number of hydrogen-bond acceptors (Lipinski definition) is 6. The van der Waals surface area contributed by atoms with Crippen LogP contribution in [-0.4, -0.2) is 48.3 Å². The largest absolute Gasteiger partial charge is 0.444 e. The van der Waals surface area contributed by atoms with Gasteiger partial charge in [0.25, 0.3) is 0 Å². The van der Waals surface area contributed by atoms with Gasteiger partial charge in [-0.3, -0.25) is 4.90 Å². The summed E-state index contributed by atoms with van der Waals surface area (Å²) in [5, 5.41) is 13.5. The standard InChI is InChI=1S/C19H23BrN4O2/c20-18-16-10-15(11-21)26-17(16)12-22-19(18)23-13-2-4-14(5-3-13)24-6-1-8-25-9-7-24/h10,12-14H,1-9H2,(H,22,23). The predicted octanol–water partition coefficient (Wildman–Crippen LogP) is 3.91. The normalized spacial score (nSPS) is 24.9. The number of nitriles is 1. The van der Waals surface area contributed by atoms with E-state index in [0.717, 1.165) is 61.2 Å². The molecular weight excluding hydrogens is 396 g/mol. The Hall–Kier alpha value is -1.62. The Morgan fingerprint density at radius 2 is 2.08 bits per heavy atom. The van der Waals surface area contributed by atoms with Gasteiger partial charge in [0.15, 0.2) is 5.58 Å². The summed E-state index contributed by atoms with van der Waals surface area (Å²) in [4.78, 5) is 7.09. The van der Waals surface area contributed by atoms with E-state index in [0.29, 0.717) is 23.4 Å². The molecule has 2 aliphatic rings. The second kappa shape index (κ2) is 7.95. The Balaban J connectivity index is 1.39. The molecule has 2 fully saturated rings. The highest BCUT2D eigenvalue weighted by molar-refractivity contribution is 9.10. The van der Waals surface area contributed by atoms with Crippen LogP contribution in [0.5, 0.6) is 0 Å². The van der Waals surface area contributed by atoms with Gasteiger partial charge in [-0.2, -0.15) is 5.26 Å². The third-order valence-corrected chi connectivity index (χ3v) is 6.24. The minimum atomic E-state index is 0.307. The average Bonchev–Trinajstić information content (AvgIpc) is 2.91.